The molecule has 1 aromatic carbocycles. The second kappa shape index (κ2) is 6.24. The van der Waals surface area contributed by atoms with Gasteiger partial charge in [-0.3, -0.25) is 0 Å². The molecule has 1 aromatic rings. The molecule has 0 bridgehead atoms. The van der Waals surface area contributed by atoms with Crippen LogP contribution in [0.2, 0.25) is 0 Å². The molecule has 114 valence electrons. The van der Waals surface area contributed by atoms with Crippen LogP contribution < -0.4 is 0 Å². The Hall–Kier alpha value is -0.920. The van der Waals surface area contributed by atoms with Crippen molar-refractivity contribution in [2.45, 2.75) is 66.2 Å². The van der Waals surface area contributed by atoms with Gasteiger partial charge < -0.3 is 0 Å². The average Bonchev–Trinajstić information content (AvgIpc) is 2.21. The summed E-state index contributed by atoms with van der Waals surface area (Å²) in [5.41, 5.74) is 0.461. The van der Waals surface area contributed by atoms with E-state index in [2.05, 4.69) is 27.7 Å². The molecule has 0 aromatic heterocycles. The predicted octanol–water partition coefficient (Wildman–Crippen LogP) is 6.05. The predicted molar refractivity (Wildman–Crippen MR) is 82.1 cm³/mol. The maximum atomic E-state index is 14.3. The Morgan fingerprint density at radius 3 is 1.70 bits per heavy atom. The summed E-state index contributed by atoms with van der Waals surface area (Å²) >= 11 is 0. The van der Waals surface area contributed by atoms with Crippen molar-refractivity contribution in [3.8, 4) is 0 Å². The van der Waals surface area contributed by atoms with Crippen molar-refractivity contribution >= 4 is 0 Å². The van der Waals surface area contributed by atoms with E-state index in [1.165, 1.54) is 12.1 Å². The number of rotatable bonds is 4. The third-order valence-electron chi connectivity index (χ3n) is 3.77. The summed E-state index contributed by atoms with van der Waals surface area (Å²) in [5, 5.41) is 0. The van der Waals surface area contributed by atoms with Gasteiger partial charge in [0, 0.05) is 5.56 Å². The van der Waals surface area contributed by atoms with Crippen LogP contribution in [0.3, 0.4) is 0 Å². The van der Waals surface area contributed by atoms with Gasteiger partial charge in [0.05, 0.1) is 0 Å². The fraction of sp³-hybridized carbons (Fsp3) is 0.667. The Bertz CT molecular complexity index is 430. The van der Waals surface area contributed by atoms with Crippen LogP contribution in [0.25, 0.3) is 0 Å². The van der Waals surface area contributed by atoms with E-state index in [4.69, 9.17) is 0 Å². The van der Waals surface area contributed by atoms with Gasteiger partial charge in [0.2, 0.25) is 0 Å². The molecular weight excluding hydrogens is 254 g/mol. The first-order valence-corrected chi connectivity index (χ1v) is 7.53. The summed E-state index contributed by atoms with van der Waals surface area (Å²) in [4.78, 5) is 0. The lowest BCUT2D eigenvalue weighted by molar-refractivity contribution is 0.401. The molecule has 0 saturated heterocycles. The molecule has 0 aliphatic rings. The number of benzene rings is 1. The van der Waals surface area contributed by atoms with E-state index in [9.17, 15) is 8.78 Å². The zero-order valence-corrected chi connectivity index (χ0v) is 13.8. The molecule has 1 rings (SSSR count). The van der Waals surface area contributed by atoms with Crippen LogP contribution in [0, 0.1) is 23.5 Å². The highest BCUT2D eigenvalue weighted by Gasteiger charge is 2.26. The summed E-state index contributed by atoms with van der Waals surface area (Å²) in [6.07, 6.45) is 0.950. The van der Waals surface area contributed by atoms with Gasteiger partial charge in [-0.1, -0.05) is 48.5 Å². The Kier molecular flexibility index (Phi) is 5.34. The van der Waals surface area contributed by atoms with E-state index >= 15 is 0 Å². The third-order valence-corrected chi connectivity index (χ3v) is 3.77. The van der Waals surface area contributed by atoms with E-state index in [-0.39, 0.29) is 11.5 Å². The first kappa shape index (κ1) is 17.1. The molecular formula is C18H28F2. The molecule has 1 unspecified atom stereocenters. The standard InChI is InChI=1S/C18H28F2/c1-11(2)8-14(12(3)4)13-9-15(19)17(16(20)10-13)18(5,6)7/h9-12,14H,8H2,1-7H3. The van der Waals surface area contributed by atoms with Gasteiger partial charge in [0.15, 0.2) is 0 Å². The Morgan fingerprint density at radius 1 is 0.950 bits per heavy atom. The molecule has 1 atom stereocenters. The minimum atomic E-state index is -0.516. The zero-order chi connectivity index (χ0) is 15.7. The summed E-state index contributed by atoms with van der Waals surface area (Å²) in [6, 6.07) is 3.08. The fourth-order valence-electron chi connectivity index (χ4n) is 2.82. The van der Waals surface area contributed by atoms with E-state index in [1.807, 2.05) is 20.8 Å². The Balaban J connectivity index is 3.27. The number of halogens is 2. The van der Waals surface area contributed by atoms with Gasteiger partial charge in [0.1, 0.15) is 11.6 Å². The van der Waals surface area contributed by atoms with Gasteiger partial charge >= 0.3 is 0 Å². The smallest absolute Gasteiger partial charge is 0.130 e. The molecule has 0 aliphatic heterocycles. The Morgan fingerprint density at radius 2 is 1.40 bits per heavy atom. The monoisotopic (exact) mass is 282 g/mol. The number of hydrogen-bond donors (Lipinski definition) is 0. The molecule has 0 spiro atoms. The minimum absolute atomic E-state index is 0.188. The quantitative estimate of drug-likeness (QED) is 0.630. The molecule has 0 radical (unpaired) electrons. The van der Waals surface area contributed by atoms with Gasteiger partial charge in [0.25, 0.3) is 0 Å². The summed E-state index contributed by atoms with van der Waals surface area (Å²) in [5.74, 6) is 0.254. The molecule has 0 aliphatic carbocycles. The van der Waals surface area contributed by atoms with Gasteiger partial charge in [-0.25, -0.2) is 8.78 Å². The van der Waals surface area contributed by atoms with Crippen LogP contribution >= 0.6 is 0 Å². The molecule has 0 fully saturated rings. The second-order valence-electron chi connectivity index (χ2n) is 7.59. The zero-order valence-electron chi connectivity index (χ0n) is 13.8. The molecule has 2 heteroatoms. The molecule has 0 amide bonds. The van der Waals surface area contributed by atoms with E-state index < -0.39 is 17.0 Å². The molecule has 0 nitrogen and oxygen atoms in total. The fourth-order valence-corrected chi connectivity index (χ4v) is 2.82. The third kappa shape index (κ3) is 4.04. The van der Waals surface area contributed by atoms with E-state index in [0.717, 1.165) is 12.0 Å². The maximum Gasteiger partial charge on any atom is 0.130 e. The van der Waals surface area contributed by atoms with Crippen LogP contribution in [0.4, 0.5) is 8.78 Å². The minimum Gasteiger partial charge on any atom is -0.207 e. The lowest BCUT2D eigenvalue weighted by Gasteiger charge is -2.26. The van der Waals surface area contributed by atoms with Crippen molar-refractivity contribution in [3.05, 3.63) is 34.9 Å². The molecule has 20 heavy (non-hydrogen) atoms. The van der Waals surface area contributed by atoms with Gasteiger partial charge in [-0.15, -0.1) is 0 Å². The highest BCUT2D eigenvalue weighted by molar-refractivity contribution is 5.33. The largest absolute Gasteiger partial charge is 0.207 e. The lowest BCUT2D eigenvalue weighted by atomic mass is 9.79. The SMILES string of the molecule is CC(C)CC(c1cc(F)c(C(C)(C)C)c(F)c1)C(C)C. The van der Waals surface area contributed by atoms with Crippen LogP contribution in [0.15, 0.2) is 12.1 Å². The molecule has 0 heterocycles. The van der Waals surface area contributed by atoms with Crippen LogP contribution in [-0.2, 0) is 5.41 Å². The highest BCUT2D eigenvalue weighted by atomic mass is 19.1. The van der Waals surface area contributed by atoms with Crippen molar-refractivity contribution in [3.63, 3.8) is 0 Å². The molecule has 0 N–H and O–H groups in total. The van der Waals surface area contributed by atoms with Crippen molar-refractivity contribution in [2.75, 3.05) is 0 Å². The van der Waals surface area contributed by atoms with Crippen molar-refractivity contribution in [1.82, 2.24) is 0 Å². The van der Waals surface area contributed by atoms with Crippen molar-refractivity contribution in [2.24, 2.45) is 11.8 Å². The first-order chi connectivity index (χ1) is 9.04. The second-order valence-corrected chi connectivity index (χ2v) is 7.59. The van der Waals surface area contributed by atoms with E-state index in [0.29, 0.717) is 11.8 Å². The number of hydrogen-bond acceptors (Lipinski definition) is 0. The summed E-state index contributed by atoms with van der Waals surface area (Å²) in [7, 11) is 0. The lowest BCUT2D eigenvalue weighted by Crippen LogP contribution is -2.18. The average molecular weight is 282 g/mol. The highest BCUT2D eigenvalue weighted by Crippen LogP contribution is 2.35. The van der Waals surface area contributed by atoms with Crippen LogP contribution in [0.5, 0.6) is 0 Å². The molecule has 0 saturated carbocycles. The van der Waals surface area contributed by atoms with E-state index in [1.54, 1.807) is 0 Å². The summed E-state index contributed by atoms with van der Waals surface area (Å²) < 4.78 is 28.7. The van der Waals surface area contributed by atoms with Gasteiger partial charge in [-0.2, -0.15) is 0 Å². The topological polar surface area (TPSA) is 0 Å². The van der Waals surface area contributed by atoms with Crippen molar-refractivity contribution in [1.29, 1.82) is 0 Å². The first-order valence-electron chi connectivity index (χ1n) is 7.53. The van der Waals surface area contributed by atoms with Crippen molar-refractivity contribution < 1.29 is 8.78 Å². The van der Waals surface area contributed by atoms with Crippen LogP contribution in [-0.4, -0.2) is 0 Å². The normalized spacial score (nSPS) is 14.2. The van der Waals surface area contributed by atoms with Gasteiger partial charge in [-0.05, 0) is 47.3 Å². The summed E-state index contributed by atoms with van der Waals surface area (Å²) in [6.45, 7) is 14.0. The maximum absolute atomic E-state index is 14.3. The Labute approximate surface area is 122 Å². The van der Waals surface area contributed by atoms with Crippen LogP contribution in [0.1, 0.15) is 71.9 Å².